The molecule has 7 nitrogen and oxygen atoms in total. The number of nitrogens with zero attached hydrogens (tertiary/aromatic N) is 3. The second kappa shape index (κ2) is 8.23. The molecule has 0 fully saturated rings. The molecule has 0 radical (unpaired) electrons. The molecule has 5 rings (SSSR count). The molecule has 3 heterocycles. The minimum absolute atomic E-state index is 0.196. The summed E-state index contributed by atoms with van der Waals surface area (Å²) in [6.07, 6.45) is 4.57. The molecule has 0 bridgehead atoms. The number of anilines is 2. The van der Waals surface area contributed by atoms with Crippen LogP contribution in [0.1, 0.15) is 20.8 Å². The number of carbonyl (C=O) groups is 2. The van der Waals surface area contributed by atoms with Crippen LogP contribution in [0.2, 0.25) is 0 Å². The highest BCUT2D eigenvalue weighted by atomic mass is 16.2. The van der Waals surface area contributed by atoms with E-state index in [1.807, 2.05) is 60.7 Å². The SMILES string of the molecule is O=C(Nc1cnc2ccccc2c1)c1ccc(C(=O)Nc2cnc3ccccc3c2)nc1. The van der Waals surface area contributed by atoms with Gasteiger partial charge in [0.25, 0.3) is 11.8 Å². The van der Waals surface area contributed by atoms with E-state index in [1.165, 1.54) is 12.3 Å². The maximum atomic E-state index is 12.6. The lowest BCUT2D eigenvalue weighted by Crippen LogP contribution is -2.16. The van der Waals surface area contributed by atoms with Gasteiger partial charge in [0, 0.05) is 17.0 Å². The van der Waals surface area contributed by atoms with Gasteiger partial charge < -0.3 is 10.6 Å². The zero-order valence-corrected chi connectivity index (χ0v) is 16.8. The van der Waals surface area contributed by atoms with Gasteiger partial charge in [-0.05, 0) is 36.4 Å². The molecule has 0 atom stereocenters. The molecule has 154 valence electrons. The molecule has 0 aliphatic carbocycles. The lowest BCUT2D eigenvalue weighted by molar-refractivity contribution is 0.101. The number of pyridine rings is 3. The lowest BCUT2D eigenvalue weighted by Gasteiger charge is -2.08. The number of fused-ring (bicyclic) bond motifs is 2. The quantitative estimate of drug-likeness (QED) is 0.441. The molecule has 0 spiro atoms. The molecule has 2 N–H and O–H groups in total. The summed E-state index contributed by atoms with van der Waals surface area (Å²) in [7, 11) is 0. The summed E-state index contributed by atoms with van der Waals surface area (Å²) in [6, 6.07) is 22.1. The monoisotopic (exact) mass is 419 g/mol. The van der Waals surface area contributed by atoms with E-state index in [0.717, 1.165) is 21.8 Å². The Bertz CT molecular complexity index is 1350. The van der Waals surface area contributed by atoms with Crippen molar-refractivity contribution in [2.24, 2.45) is 0 Å². The Morgan fingerprint density at radius 2 is 1.16 bits per heavy atom. The number of nitrogens with one attached hydrogen (secondary N) is 2. The maximum Gasteiger partial charge on any atom is 0.274 e. The van der Waals surface area contributed by atoms with E-state index in [9.17, 15) is 9.59 Å². The highest BCUT2D eigenvalue weighted by molar-refractivity contribution is 6.06. The summed E-state index contributed by atoms with van der Waals surface area (Å²) in [6.45, 7) is 0. The molecular weight excluding hydrogens is 402 g/mol. The van der Waals surface area contributed by atoms with Crippen molar-refractivity contribution in [2.45, 2.75) is 0 Å². The van der Waals surface area contributed by atoms with Crippen molar-refractivity contribution in [1.82, 2.24) is 15.0 Å². The van der Waals surface area contributed by atoms with Gasteiger partial charge in [0.15, 0.2) is 0 Å². The average molecular weight is 419 g/mol. The average Bonchev–Trinajstić information content (AvgIpc) is 2.84. The molecule has 0 saturated carbocycles. The van der Waals surface area contributed by atoms with Gasteiger partial charge in [-0.1, -0.05) is 36.4 Å². The predicted octanol–water partition coefficient (Wildman–Crippen LogP) is 4.68. The molecule has 5 aromatic rings. The van der Waals surface area contributed by atoms with Gasteiger partial charge in [-0.25, -0.2) is 0 Å². The third-order valence-electron chi connectivity index (χ3n) is 4.96. The first-order valence-electron chi connectivity index (χ1n) is 9.94. The molecule has 2 amide bonds. The Kier molecular flexibility index (Phi) is 4.97. The van der Waals surface area contributed by atoms with E-state index in [-0.39, 0.29) is 17.5 Å². The minimum atomic E-state index is -0.382. The summed E-state index contributed by atoms with van der Waals surface area (Å²) < 4.78 is 0. The van der Waals surface area contributed by atoms with Crippen molar-refractivity contribution < 1.29 is 9.59 Å². The first kappa shape index (κ1) is 19.3. The van der Waals surface area contributed by atoms with Crippen LogP contribution in [0.3, 0.4) is 0 Å². The van der Waals surface area contributed by atoms with Gasteiger partial charge in [0.05, 0.1) is 40.4 Å². The summed E-state index contributed by atoms with van der Waals surface area (Å²) in [4.78, 5) is 37.9. The van der Waals surface area contributed by atoms with Crippen LogP contribution in [0, 0.1) is 0 Å². The molecule has 3 aromatic heterocycles. The predicted molar refractivity (Wildman–Crippen MR) is 124 cm³/mol. The number of para-hydroxylation sites is 2. The van der Waals surface area contributed by atoms with E-state index >= 15 is 0 Å². The normalized spacial score (nSPS) is 10.8. The van der Waals surface area contributed by atoms with Crippen molar-refractivity contribution in [1.29, 1.82) is 0 Å². The molecular formula is C25H17N5O2. The topological polar surface area (TPSA) is 96.9 Å². The van der Waals surface area contributed by atoms with E-state index in [0.29, 0.717) is 16.9 Å². The van der Waals surface area contributed by atoms with Crippen LogP contribution in [0.4, 0.5) is 11.4 Å². The van der Waals surface area contributed by atoms with Crippen LogP contribution in [0.15, 0.2) is 91.4 Å². The summed E-state index contributed by atoms with van der Waals surface area (Å²) in [5.41, 5.74) is 3.38. The second-order valence-electron chi connectivity index (χ2n) is 7.17. The number of rotatable bonds is 4. The van der Waals surface area contributed by atoms with E-state index in [1.54, 1.807) is 18.5 Å². The number of amides is 2. The Hall–Kier alpha value is -4.65. The van der Waals surface area contributed by atoms with Crippen molar-refractivity contribution in [3.05, 3.63) is 103 Å². The van der Waals surface area contributed by atoms with E-state index in [4.69, 9.17) is 0 Å². The standard InChI is InChI=1S/C25H17N5O2/c31-24(29-19-11-16-5-1-3-7-21(16)27-14-19)18-9-10-23(26-13-18)25(32)30-20-12-17-6-2-4-8-22(17)28-15-20/h1-15H,(H,29,31)(H,30,32). The number of hydrogen-bond acceptors (Lipinski definition) is 5. The van der Waals surface area contributed by atoms with Crippen LogP contribution in [0.5, 0.6) is 0 Å². The van der Waals surface area contributed by atoms with E-state index < -0.39 is 0 Å². The first-order chi connectivity index (χ1) is 15.7. The van der Waals surface area contributed by atoms with Crippen LogP contribution < -0.4 is 10.6 Å². The third-order valence-corrected chi connectivity index (χ3v) is 4.96. The summed E-state index contributed by atoms with van der Waals surface area (Å²) >= 11 is 0. The van der Waals surface area contributed by atoms with Gasteiger partial charge in [-0.3, -0.25) is 24.5 Å². The fourth-order valence-corrected chi connectivity index (χ4v) is 3.34. The van der Waals surface area contributed by atoms with Crippen molar-refractivity contribution in [3.8, 4) is 0 Å². The Labute approximate surface area is 183 Å². The summed E-state index contributed by atoms with van der Waals surface area (Å²) in [5.74, 6) is -0.715. The van der Waals surface area contributed by atoms with Crippen LogP contribution in [-0.2, 0) is 0 Å². The Morgan fingerprint density at radius 3 is 1.72 bits per heavy atom. The highest BCUT2D eigenvalue weighted by Gasteiger charge is 2.12. The number of hydrogen-bond donors (Lipinski definition) is 2. The summed E-state index contributed by atoms with van der Waals surface area (Å²) in [5, 5.41) is 7.44. The molecule has 2 aromatic carbocycles. The van der Waals surface area contributed by atoms with Crippen LogP contribution in [0.25, 0.3) is 21.8 Å². The van der Waals surface area contributed by atoms with Gasteiger partial charge >= 0.3 is 0 Å². The largest absolute Gasteiger partial charge is 0.321 e. The first-order valence-corrected chi connectivity index (χ1v) is 9.94. The maximum absolute atomic E-state index is 12.6. The van der Waals surface area contributed by atoms with Gasteiger partial charge in [-0.2, -0.15) is 0 Å². The van der Waals surface area contributed by atoms with Crippen molar-refractivity contribution in [3.63, 3.8) is 0 Å². The molecule has 7 heteroatoms. The third kappa shape index (κ3) is 3.99. The van der Waals surface area contributed by atoms with Crippen LogP contribution >= 0.6 is 0 Å². The minimum Gasteiger partial charge on any atom is -0.321 e. The van der Waals surface area contributed by atoms with E-state index in [2.05, 4.69) is 25.6 Å². The van der Waals surface area contributed by atoms with Crippen molar-refractivity contribution in [2.75, 3.05) is 10.6 Å². The fourth-order valence-electron chi connectivity index (χ4n) is 3.34. The highest BCUT2D eigenvalue weighted by Crippen LogP contribution is 2.18. The second-order valence-corrected chi connectivity index (χ2v) is 7.17. The smallest absolute Gasteiger partial charge is 0.274 e. The molecule has 0 unspecified atom stereocenters. The van der Waals surface area contributed by atoms with Crippen molar-refractivity contribution >= 4 is 45.0 Å². The molecule has 0 saturated heterocycles. The van der Waals surface area contributed by atoms with Crippen LogP contribution in [-0.4, -0.2) is 26.8 Å². The van der Waals surface area contributed by atoms with Gasteiger partial charge in [-0.15, -0.1) is 0 Å². The lowest BCUT2D eigenvalue weighted by atomic mass is 10.2. The molecule has 32 heavy (non-hydrogen) atoms. The Morgan fingerprint density at radius 1 is 0.594 bits per heavy atom. The zero-order valence-electron chi connectivity index (χ0n) is 16.8. The number of benzene rings is 2. The van der Waals surface area contributed by atoms with Gasteiger partial charge in [0.2, 0.25) is 0 Å². The number of carbonyl (C=O) groups excluding carboxylic acids is 2. The zero-order chi connectivity index (χ0) is 21.9. The Balaban J connectivity index is 1.27. The number of aromatic nitrogens is 3. The fraction of sp³-hybridized carbons (Fsp3) is 0. The van der Waals surface area contributed by atoms with Gasteiger partial charge in [0.1, 0.15) is 5.69 Å². The molecule has 0 aliphatic rings. The molecule has 0 aliphatic heterocycles.